The third kappa shape index (κ3) is 4.19. The number of hydrogen-bond acceptors (Lipinski definition) is 5. The Balaban J connectivity index is 1.36. The molecule has 7 heteroatoms. The highest BCUT2D eigenvalue weighted by atomic mass is 32.2. The van der Waals surface area contributed by atoms with Crippen LogP contribution in [0.25, 0.3) is 11.0 Å². The standard InChI is InChI=1S/C21H27N5OS/c1-26(21-19-11-12-23-20(19)24-15-25-21)18-9-7-17(8-10-18)14-28(22,27)13-16-5-3-2-4-6-16/h2-6,11-12,15,17-18,22H,7-10,13-14H2,1H3,(H,23,24,25)/t17-,18-,28-/m0/s1. The molecule has 3 aromatic rings. The van der Waals surface area contributed by atoms with Gasteiger partial charge in [-0.25, -0.2) is 14.2 Å². The van der Waals surface area contributed by atoms with E-state index in [1.807, 2.05) is 42.6 Å². The molecule has 1 aliphatic rings. The summed E-state index contributed by atoms with van der Waals surface area (Å²) >= 11 is 0. The van der Waals surface area contributed by atoms with Crippen molar-refractivity contribution in [3.05, 3.63) is 54.5 Å². The van der Waals surface area contributed by atoms with Crippen molar-refractivity contribution in [1.82, 2.24) is 15.0 Å². The molecule has 6 nitrogen and oxygen atoms in total. The number of rotatable bonds is 6. The van der Waals surface area contributed by atoms with Crippen molar-refractivity contribution in [3.8, 4) is 0 Å². The van der Waals surface area contributed by atoms with Gasteiger partial charge in [0.15, 0.2) is 0 Å². The quantitative estimate of drug-likeness (QED) is 0.653. The second-order valence-electron chi connectivity index (χ2n) is 7.83. The summed E-state index contributed by atoms with van der Waals surface area (Å²) in [6.07, 6.45) is 7.61. The van der Waals surface area contributed by atoms with Crippen LogP contribution >= 0.6 is 0 Å². The smallest absolute Gasteiger partial charge is 0.142 e. The summed E-state index contributed by atoms with van der Waals surface area (Å²) in [5.41, 5.74) is 1.86. The second kappa shape index (κ2) is 7.91. The average Bonchev–Trinajstić information content (AvgIpc) is 3.17. The summed E-state index contributed by atoms with van der Waals surface area (Å²) in [6.45, 7) is 0. The highest BCUT2D eigenvalue weighted by Crippen LogP contribution is 2.32. The lowest BCUT2D eigenvalue weighted by molar-refractivity contribution is 0.342. The lowest BCUT2D eigenvalue weighted by Crippen LogP contribution is -2.37. The average molecular weight is 398 g/mol. The van der Waals surface area contributed by atoms with Gasteiger partial charge in [0.1, 0.15) is 17.8 Å². The summed E-state index contributed by atoms with van der Waals surface area (Å²) < 4.78 is 21.2. The summed E-state index contributed by atoms with van der Waals surface area (Å²) in [7, 11) is -0.484. The van der Waals surface area contributed by atoms with Gasteiger partial charge in [-0.3, -0.25) is 4.78 Å². The SMILES string of the molecule is CN(c1ncnc2[nH]ccc12)[C@H]1CC[C@H](C[S@@](=N)(=O)Cc2ccccc2)CC1. The van der Waals surface area contributed by atoms with E-state index in [1.54, 1.807) is 6.33 Å². The van der Waals surface area contributed by atoms with Crippen molar-refractivity contribution in [1.29, 1.82) is 4.78 Å². The first-order valence-electron chi connectivity index (χ1n) is 9.81. The molecule has 0 aliphatic heterocycles. The van der Waals surface area contributed by atoms with E-state index in [0.29, 0.717) is 23.5 Å². The fraction of sp³-hybridized carbons (Fsp3) is 0.429. The largest absolute Gasteiger partial charge is 0.356 e. The molecule has 0 saturated heterocycles. The highest BCUT2D eigenvalue weighted by Gasteiger charge is 2.27. The lowest BCUT2D eigenvalue weighted by atomic mass is 9.86. The Hall–Kier alpha value is -2.41. The molecule has 0 unspecified atom stereocenters. The Morgan fingerprint density at radius 1 is 1.14 bits per heavy atom. The van der Waals surface area contributed by atoms with E-state index in [2.05, 4.69) is 26.9 Å². The van der Waals surface area contributed by atoms with E-state index in [9.17, 15) is 4.21 Å². The third-order valence-electron chi connectivity index (χ3n) is 5.78. The van der Waals surface area contributed by atoms with E-state index in [4.69, 9.17) is 4.78 Å². The van der Waals surface area contributed by atoms with Crippen LogP contribution in [-0.2, 0) is 15.5 Å². The minimum absolute atomic E-state index is 0.361. The van der Waals surface area contributed by atoms with Gasteiger partial charge in [0.25, 0.3) is 0 Å². The molecule has 1 aromatic carbocycles. The van der Waals surface area contributed by atoms with Gasteiger partial charge in [0.2, 0.25) is 0 Å². The van der Waals surface area contributed by atoms with E-state index < -0.39 is 9.73 Å². The topological polar surface area (TPSA) is 85.7 Å². The molecule has 0 bridgehead atoms. The van der Waals surface area contributed by atoms with Crippen LogP contribution in [0.3, 0.4) is 0 Å². The Kier molecular flexibility index (Phi) is 5.35. The van der Waals surface area contributed by atoms with Crippen molar-refractivity contribution >= 4 is 26.6 Å². The molecule has 1 saturated carbocycles. The van der Waals surface area contributed by atoms with E-state index in [-0.39, 0.29) is 0 Å². The minimum Gasteiger partial charge on any atom is -0.356 e. The zero-order valence-corrected chi connectivity index (χ0v) is 17.0. The second-order valence-corrected chi connectivity index (χ2v) is 10.1. The molecule has 4 rings (SSSR count). The number of aromatic nitrogens is 3. The maximum atomic E-state index is 12.8. The molecule has 2 heterocycles. The molecule has 0 amide bonds. The molecular weight excluding hydrogens is 370 g/mol. The Morgan fingerprint density at radius 2 is 1.89 bits per heavy atom. The first-order valence-corrected chi connectivity index (χ1v) is 11.7. The molecule has 1 atom stereocenters. The number of aromatic amines is 1. The predicted molar refractivity (Wildman–Crippen MR) is 114 cm³/mol. The van der Waals surface area contributed by atoms with Crippen LogP contribution in [-0.4, -0.2) is 38.0 Å². The molecule has 148 valence electrons. The predicted octanol–water partition coefficient (Wildman–Crippen LogP) is 4.20. The molecular formula is C21H27N5OS. The van der Waals surface area contributed by atoms with Crippen LogP contribution in [0.5, 0.6) is 0 Å². The van der Waals surface area contributed by atoms with Crippen molar-refractivity contribution in [2.45, 2.75) is 37.5 Å². The van der Waals surface area contributed by atoms with Crippen LogP contribution in [0.1, 0.15) is 31.2 Å². The van der Waals surface area contributed by atoms with Gasteiger partial charge in [0, 0.05) is 34.8 Å². The monoisotopic (exact) mass is 397 g/mol. The zero-order valence-electron chi connectivity index (χ0n) is 16.2. The number of hydrogen-bond donors (Lipinski definition) is 2. The summed E-state index contributed by atoms with van der Waals surface area (Å²) in [4.78, 5) is 14.2. The van der Waals surface area contributed by atoms with E-state index in [0.717, 1.165) is 48.1 Å². The maximum absolute atomic E-state index is 12.8. The van der Waals surface area contributed by atoms with Gasteiger partial charge < -0.3 is 9.88 Å². The van der Waals surface area contributed by atoms with Crippen LogP contribution in [0, 0.1) is 10.7 Å². The van der Waals surface area contributed by atoms with Crippen molar-refractivity contribution < 1.29 is 4.21 Å². The first-order chi connectivity index (χ1) is 13.5. The van der Waals surface area contributed by atoms with Gasteiger partial charge in [0.05, 0.1) is 11.1 Å². The summed E-state index contributed by atoms with van der Waals surface area (Å²) in [6, 6.07) is 12.2. The Labute approximate surface area is 166 Å². The fourth-order valence-corrected chi connectivity index (χ4v) is 6.24. The van der Waals surface area contributed by atoms with Gasteiger partial charge in [-0.15, -0.1) is 0 Å². The number of fused-ring (bicyclic) bond motifs is 1. The normalized spacial score (nSPS) is 22.0. The Bertz CT molecular complexity index is 1020. The number of benzene rings is 1. The van der Waals surface area contributed by atoms with Crippen LogP contribution < -0.4 is 4.90 Å². The van der Waals surface area contributed by atoms with E-state index >= 15 is 0 Å². The van der Waals surface area contributed by atoms with Crippen LogP contribution in [0.4, 0.5) is 5.82 Å². The molecule has 2 N–H and O–H groups in total. The number of nitrogens with zero attached hydrogens (tertiary/aromatic N) is 3. The molecule has 2 aromatic heterocycles. The van der Waals surface area contributed by atoms with Crippen molar-refractivity contribution in [2.24, 2.45) is 5.92 Å². The fourth-order valence-electron chi connectivity index (χ4n) is 4.29. The van der Waals surface area contributed by atoms with Gasteiger partial charge in [-0.2, -0.15) is 0 Å². The van der Waals surface area contributed by atoms with Crippen LogP contribution in [0.15, 0.2) is 48.9 Å². The van der Waals surface area contributed by atoms with Gasteiger partial charge >= 0.3 is 0 Å². The Morgan fingerprint density at radius 3 is 2.64 bits per heavy atom. The number of H-pyrrole nitrogens is 1. The molecule has 0 spiro atoms. The minimum atomic E-state index is -2.58. The van der Waals surface area contributed by atoms with Crippen molar-refractivity contribution in [2.75, 3.05) is 17.7 Å². The summed E-state index contributed by atoms with van der Waals surface area (Å²) in [5.74, 6) is 2.20. The lowest BCUT2D eigenvalue weighted by Gasteiger charge is -2.35. The molecule has 28 heavy (non-hydrogen) atoms. The van der Waals surface area contributed by atoms with Crippen LogP contribution in [0.2, 0.25) is 0 Å². The van der Waals surface area contributed by atoms with Gasteiger partial charge in [-0.1, -0.05) is 30.3 Å². The van der Waals surface area contributed by atoms with Gasteiger partial charge in [-0.05, 0) is 43.2 Å². The molecule has 0 radical (unpaired) electrons. The highest BCUT2D eigenvalue weighted by molar-refractivity contribution is 7.91. The van der Waals surface area contributed by atoms with E-state index in [1.165, 1.54) is 0 Å². The molecule has 1 fully saturated rings. The number of anilines is 1. The summed E-state index contributed by atoms with van der Waals surface area (Å²) in [5, 5.41) is 1.05. The molecule has 1 aliphatic carbocycles. The first kappa shape index (κ1) is 18.9. The zero-order chi connectivity index (χ0) is 19.6. The van der Waals surface area contributed by atoms with Crippen molar-refractivity contribution in [3.63, 3.8) is 0 Å². The maximum Gasteiger partial charge on any atom is 0.142 e. The third-order valence-corrected chi connectivity index (χ3v) is 7.59. The number of nitrogens with one attached hydrogen (secondary N) is 2.